The molecule has 0 saturated carbocycles. The van der Waals surface area contributed by atoms with Crippen LogP contribution in [0, 0.1) is 0 Å². The van der Waals surface area contributed by atoms with Crippen molar-refractivity contribution >= 4 is 17.7 Å². The highest BCUT2D eigenvalue weighted by Crippen LogP contribution is 2.26. The highest BCUT2D eigenvalue weighted by Gasteiger charge is 2.11. The number of thioether (sulfide) groups is 1. The summed E-state index contributed by atoms with van der Waals surface area (Å²) in [7, 11) is 1.63. The number of benzene rings is 1. The van der Waals surface area contributed by atoms with Gasteiger partial charge >= 0.3 is 5.97 Å². The van der Waals surface area contributed by atoms with Crippen LogP contribution in [-0.2, 0) is 9.53 Å². The van der Waals surface area contributed by atoms with Crippen LogP contribution >= 0.6 is 11.8 Å². The molecule has 6 nitrogen and oxygen atoms in total. The number of aromatic nitrogens is 3. The summed E-state index contributed by atoms with van der Waals surface area (Å²) in [5.41, 5.74) is 0.892. The molecule has 0 unspecified atom stereocenters. The van der Waals surface area contributed by atoms with Gasteiger partial charge in [0.15, 0.2) is 5.16 Å². The molecule has 1 aromatic carbocycles. The third kappa shape index (κ3) is 4.24. The second-order valence-corrected chi connectivity index (χ2v) is 5.47. The Balaban J connectivity index is 1.97. The van der Waals surface area contributed by atoms with Gasteiger partial charge in [-0.15, -0.1) is 10.2 Å². The Kier molecular flexibility index (Phi) is 6.27. The first-order chi connectivity index (χ1) is 10.8. The van der Waals surface area contributed by atoms with E-state index in [1.807, 2.05) is 35.8 Å². The van der Waals surface area contributed by atoms with Crippen molar-refractivity contribution in [1.29, 1.82) is 0 Å². The number of para-hydroxylation sites is 2. The van der Waals surface area contributed by atoms with Gasteiger partial charge in [-0.1, -0.05) is 23.9 Å². The number of rotatable bonds is 8. The molecule has 0 atom stereocenters. The molecule has 0 saturated heterocycles. The summed E-state index contributed by atoms with van der Waals surface area (Å²) in [6.07, 6.45) is 2.82. The van der Waals surface area contributed by atoms with Crippen LogP contribution in [0.15, 0.2) is 35.7 Å². The zero-order valence-electron chi connectivity index (χ0n) is 12.7. The highest BCUT2D eigenvalue weighted by molar-refractivity contribution is 7.99. The Morgan fingerprint density at radius 3 is 2.95 bits per heavy atom. The van der Waals surface area contributed by atoms with E-state index >= 15 is 0 Å². The lowest BCUT2D eigenvalue weighted by Gasteiger charge is -2.10. The Morgan fingerprint density at radius 1 is 1.36 bits per heavy atom. The van der Waals surface area contributed by atoms with Crippen molar-refractivity contribution < 1.29 is 14.3 Å². The molecule has 0 N–H and O–H groups in total. The smallest absolute Gasteiger partial charge is 0.305 e. The molecule has 0 fully saturated rings. The average Bonchev–Trinajstić information content (AvgIpc) is 3.00. The quantitative estimate of drug-likeness (QED) is 0.423. The van der Waals surface area contributed by atoms with Crippen LogP contribution in [-0.4, -0.2) is 40.2 Å². The molecule has 1 aromatic heterocycles. The van der Waals surface area contributed by atoms with Crippen molar-refractivity contribution in [3.8, 4) is 11.4 Å². The molecule has 0 spiro atoms. The first kappa shape index (κ1) is 16.4. The van der Waals surface area contributed by atoms with E-state index in [9.17, 15) is 4.79 Å². The second kappa shape index (κ2) is 8.43. The number of nitrogens with zero attached hydrogens (tertiary/aromatic N) is 3. The summed E-state index contributed by atoms with van der Waals surface area (Å²) in [4.78, 5) is 11.3. The Hall–Kier alpha value is -2.02. The van der Waals surface area contributed by atoms with Crippen LogP contribution in [0.2, 0.25) is 0 Å². The Labute approximate surface area is 133 Å². The minimum atomic E-state index is -0.158. The Bertz CT molecular complexity index is 616. The van der Waals surface area contributed by atoms with Crippen molar-refractivity contribution in [2.24, 2.45) is 0 Å². The lowest BCUT2D eigenvalue weighted by Crippen LogP contribution is -2.04. The summed E-state index contributed by atoms with van der Waals surface area (Å²) in [6, 6.07) is 7.70. The zero-order valence-corrected chi connectivity index (χ0v) is 13.5. The van der Waals surface area contributed by atoms with Crippen LogP contribution in [0.25, 0.3) is 5.69 Å². The summed E-state index contributed by atoms with van der Waals surface area (Å²) in [5.74, 6) is 1.37. The number of hydrogen-bond acceptors (Lipinski definition) is 6. The predicted octanol–water partition coefficient (Wildman–Crippen LogP) is 2.71. The number of carbonyl (C=O) groups is 1. The van der Waals surface area contributed by atoms with Crippen molar-refractivity contribution in [1.82, 2.24) is 14.8 Å². The minimum Gasteiger partial charge on any atom is -0.495 e. The van der Waals surface area contributed by atoms with E-state index in [4.69, 9.17) is 9.47 Å². The van der Waals surface area contributed by atoms with Gasteiger partial charge in [-0.2, -0.15) is 0 Å². The van der Waals surface area contributed by atoms with Gasteiger partial charge < -0.3 is 9.47 Å². The normalized spacial score (nSPS) is 10.5. The van der Waals surface area contributed by atoms with E-state index < -0.39 is 0 Å². The molecule has 2 aromatic rings. The van der Waals surface area contributed by atoms with Crippen LogP contribution < -0.4 is 4.74 Å². The van der Waals surface area contributed by atoms with Crippen LogP contribution in [0.5, 0.6) is 5.75 Å². The molecule has 2 rings (SSSR count). The molecule has 118 valence electrons. The fourth-order valence-corrected chi connectivity index (χ4v) is 2.79. The maximum absolute atomic E-state index is 11.3. The highest BCUT2D eigenvalue weighted by atomic mass is 32.2. The van der Waals surface area contributed by atoms with Gasteiger partial charge in [-0.3, -0.25) is 9.36 Å². The fourth-order valence-electron chi connectivity index (χ4n) is 1.93. The lowest BCUT2D eigenvalue weighted by atomic mass is 10.3. The predicted molar refractivity (Wildman–Crippen MR) is 84.5 cm³/mol. The van der Waals surface area contributed by atoms with Crippen molar-refractivity contribution in [2.75, 3.05) is 19.5 Å². The molecule has 1 heterocycles. The SMILES string of the molecule is CCOC(=O)CCCSc1nncn1-c1ccccc1OC. The molecule has 0 bridgehead atoms. The molecular formula is C15H19N3O3S. The average molecular weight is 321 g/mol. The number of methoxy groups -OCH3 is 1. The van der Waals surface area contributed by atoms with Gasteiger partial charge in [0.1, 0.15) is 12.1 Å². The molecule has 0 amide bonds. The van der Waals surface area contributed by atoms with E-state index in [1.165, 1.54) is 0 Å². The molecular weight excluding hydrogens is 302 g/mol. The summed E-state index contributed by atoms with van der Waals surface area (Å²) < 4.78 is 12.1. The van der Waals surface area contributed by atoms with Gasteiger partial charge in [-0.05, 0) is 25.5 Å². The molecule has 22 heavy (non-hydrogen) atoms. The first-order valence-corrected chi connectivity index (χ1v) is 8.06. The van der Waals surface area contributed by atoms with Gasteiger partial charge in [0.05, 0.1) is 19.4 Å². The minimum absolute atomic E-state index is 0.158. The molecule has 7 heteroatoms. The van der Waals surface area contributed by atoms with E-state index in [-0.39, 0.29) is 5.97 Å². The van der Waals surface area contributed by atoms with Crippen molar-refractivity contribution in [2.45, 2.75) is 24.9 Å². The second-order valence-electron chi connectivity index (χ2n) is 4.41. The first-order valence-electron chi connectivity index (χ1n) is 7.08. The third-order valence-electron chi connectivity index (χ3n) is 2.92. The number of hydrogen-bond donors (Lipinski definition) is 0. The van der Waals surface area contributed by atoms with E-state index in [0.29, 0.717) is 13.0 Å². The van der Waals surface area contributed by atoms with Crippen LogP contribution in [0.1, 0.15) is 19.8 Å². The Morgan fingerprint density at radius 2 is 2.18 bits per heavy atom. The summed E-state index contributed by atoms with van der Waals surface area (Å²) >= 11 is 1.55. The molecule has 0 aliphatic carbocycles. The largest absolute Gasteiger partial charge is 0.495 e. The number of esters is 1. The van der Waals surface area contributed by atoms with Crippen molar-refractivity contribution in [3.63, 3.8) is 0 Å². The van der Waals surface area contributed by atoms with Crippen molar-refractivity contribution in [3.05, 3.63) is 30.6 Å². The summed E-state index contributed by atoms with van der Waals surface area (Å²) in [6.45, 7) is 2.23. The molecule has 0 radical (unpaired) electrons. The van der Waals surface area contributed by atoms with Gasteiger partial charge in [-0.25, -0.2) is 0 Å². The van der Waals surface area contributed by atoms with E-state index in [0.717, 1.165) is 28.8 Å². The standard InChI is InChI=1S/C15H19N3O3S/c1-3-21-14(19)9-6-10-22-15-17-16-11-18(15)12-7-4-5-8-13(12)20-2/h4-5,7-8,11H,3,6,9-10H2,1-2H3. The van der Waals surface area contributed by atoms with Gasteiger partial charge in [0.25, 0.3) is 0 Å². The van der Waals surface area contributed by atoms with Crippen LogP contribution in [0.4, 0.5) is 0 Å². The summed E-state index contributed by atoms with van der Waals surface area (Å²) in [5, 5.41) is 8.86. The molecule has 0 aliphatic heterocycles. The number of ether oxygens (including phenoxy) is 2. The van der Waals surface area contributed by atoms with E-state index in [1.54, 1.807) is 25.2 Å². The lowest BCUT2D eigenvalue weighted by molar-refractivity contribution is -0.143. The van der Waals surface area contributed by atoms with E-state index in [2.05, 4.69) is 10.2 Å². The maximum Gasteiger partial charge on any atom is 0.305 e. The monoisotopic (exact) mass is 321 g/mol. The maximum atomic E-state index is 11.3. The topological polar surface area (TPSA) is 66.2 Å². The third-order valence-corrected chi connectivity index (χ3v) is 3.95. The number of carbonyl (C=O) groups excluding carboxylic acids is 1. The molecule has 0 aliphatic rings. The zero-order chi connectivity index (χ0) is 15.8. The van der Waals surface area contributed by atoms with Gasteiger partial charge in [0.2, 0.25) is 0 Å². The van der Waals surface area contributed by atoms with Gasteiger partial charge in [0, 0.05) is 12.2 Å². The fraction of sp³-hybridized carbons (Fsp3) is 0.400. The van der Waals surface area contributed by atoms with Crippen LogP contribution in [0.3, 0.4) is 0 Å².